The number of aryl methyl sites for hydroxylation is 1. The minimum absolute atomic E-state index is 0.198. The molecule has 0 aromatic heterocycles. The molecular formula is C8H9FN2O. The van der Waals surface area contributed by atoms with E-state index in [0.29, 0.717) is 5.56 Å². The fraction of sp³-hybridized carbons (Fsp3) is 0.250. The van der Waals surface area contributed by atoms with E-state index in [1.165, 1.54) is 11.1 Å². The third-order valence-electron chi connectivity index (χ3n) is 1.83. The Kier molecular flexibility index (Phi) is 1.52. The molecule has 1 aliphatic heterocycles. The SMILES string of the molecule is CNON1c2cc(C)c(F)cc21. The van der Waals surface area contributed by atoms with Crippen molar-refractivity contribution in [2.75, 3.05) is 12.1 Å². The van der Waals surface area contributed by atoms with Gasteiger partial charge in [0.15, 0.2) is 0 Å². The maximum Gasteiger partial charge on any atom is 0.128 e. The van der Waals surface area contributed by atoms with E-state index < -0.39 is 0 Å². The van der Waals surface area contributed by atoms with Gasteiger partial charge in [-0.1, -0.05) is 0 Å². The Morgan fingerprint density at radius 1 is 1.42 bits per heavy atom. The summed E-state index contributed by atoms with van der Waals surface area (Å²) in [4.78, 5) is 4.95. The molecule has 0 saturated heterocycles. The van der Waals surface area contributed by atoms with Crippen molar-refractivity contribution in [1.82, 2.24) is 5.48 Å². The van der Waals surface area contributed by atoms with Gasteiger partial charge in [0.25, 0.3) is 0 Å². The summed E-state index contributed by atoms with van der Waals surface area (Å²) in [6.45, 7) is 1.73. The van der Waals surface area contributed by atoms with Crippen molar-refractivity contribution < 1.29 is 9.33 Å². The van der Waals surface area contributed by atoms with Crippen molar-refractivity contribution >= 4 is 11.4 Å². The fourth-order valence-electron chi connectivity index (χ4n) is 1.14. The standard InChI is InChI=1S/C8H9FN2O/c1-5-3-7-8(4-6(5)9)11(7)12-10-2/h3-4,10H,1-2H3. The number of hydroxylamine groups is 1. The molecule has 3 nitrogen and oxygen atoms in total. The lowest BCUT2D eigenvalue weighted by molar-refractivity contribution is 0.0737. The van der Waals surface area contributed by atoms with E-state index in [1.807, 2.05) is 0 Å². The van der Waals surface area contributed by atoms with Crippen molar-refractivity contribution in [2.45, 2.75) is 6.92 Å². The first-order valence-corrected chi connectivity index (χ1v) is 3.68. The number of nitrogens with one attached hydrogen (secondary N) is 1. The van der Waals surface area contributed by atoms with Crippen LogP contribution in [0.25, 0.3) is 0 Å². The lowest BCUT2D eigenvalue weighted by Gasteiger charge is -1.98. The molecule has 1 aromatic rings. The second kappa shape index (κ2) is 2.43. The molecule has 4 heteroatoms. The highest BCUT2D eigenvalue weighted by Crippen LogP contribution is 2.48. The van der Waals surface area contributed by atoms with Crippen LogP contribution >= 0.6 is 0 Å². The van der Waals surface area contributed by atoms with Gasteiger partial charge < -0.3 is 0 Å². The second-order valence-corrected chi connectivity index (χ2v) is 2.68. The Labute approximate surface area is 69.7 Å². The van der Waals surface area contributed by atoms with E-state index in [0.717, 1.165) is 11.4 Å². The Balaban J connectivity index is 2.26. The normalized spacial score (nSPS) is 13.1. The molecule has 2 rings (SSSR count). The summed E-state index contributed by atoms with van der Waals surface area (Å²) in [5.41, 5.74) is 4.86. The van der Waals surface area contributed by atoms with Crippen LogP contribution < -0.4 is 10.5 Å². The number of nitrogens with zero attached hydrogens (tertiary/aromatic N) is 1. The van der Waals surface area contributed by atoms with Crippen molar-refractivity contribution in [3.8, 4) is 0 Å². The monoisotopic (exact) mass is 168 g/mol. The molecule has 1 aliphatic rings. The lowest BCUT2D eigenvalue weighted by Crippen LogP contribution is -2.13. The maximum absolute atomic E-state index is 12.9. The smallest absolute Gasteiger partial charge is 0.128 e. The Bertz CT molecular complexity index is 298. The zero-order valence-electron chi connectivity index (χ0n) is 6.89. The van der Waals surface area contributed by atoms with Gasteiger partial charge in [-0.3, -0.25) is 0 Å². The van der Waals surface area contributed by atoms with Gasteiger partial charge in [-0.2, -0.15) is 15.5 Å². The highest BCUT2D eigenvalue weighted by Gasteiger charge is 2.32. The van der Waals surface area contributed by atoms with Gasteiger partial charge in [0.1, 0.15) is 11.5 Å². The van der Waals surface area contributed by atoms with Gasteiger partial charge in [-0.25, -0.2) is 4.39 Å². The molecule has 1 N–H and O–H groups in total. The van der Waals surface area contributed by atoms with Crippen molar-refractivity contribution in [3.63, 3.8) is 0 Å². The van der Waals surface area contributed by atoms with Gasteiger partial charge in [-0.15, -0.1) is 0 Å². The van der Waals surface area contributed by atoms with Crippen LogP contribution in [-0.4, -0.2) is 7.05 Å². The largest absolute Gasteiger partial charge is 0.207 e. The van der Waals surface area contributed by atoms with E-state index in [9.17, 15) is 4.39 Å². The van der Waals surface area contributed by atoms with Crippen molar-refractivity contribution in [2.24, 2.45) is 0 Å². The highest BCUT2D eigenvalue weighted by molar-refractivity contribution is 5.90. The molecular weight excluding hydrogens is 159 g/mol. The number of fused-ring (bicyclic) bond motifs is 1. The van der Waals surface area contributed by atoms with Crippen LogP contribution in [0, 0.1) is 12.7 Å². The fourth-order valence-corrected chi connectivity index (χ4v) is 1.14. The molecule has 0 aliphatic carbocycles. The molecule has 0 unspecified atom stereocenters. The van der Waals surface area contributed by atoms with Gasteiger partial charge in [0.05, 0.1) is 5.69 Å². The van der Waals surface area contributed by atoms with Crippen LogP contribution in [0.4, 0.5) is 15.8 Å². The highest BCUT2D eigenvalue weighted by atomic mass is 19.1. The summed E-state index contributed by atoms with van der Waals surface area (Å²) in [5.74, 6) is -0.198. The van der Waals surface area contributed by atoms with E-state index in [4.69, 9.17) is 4.94 Å². The molecule has 1 heterocycles. The summed E-state index contributed by atoms with van der Waals surface area (Å²) < 4.78 is 12.9. The summed E-state index contributed by atoms with van der Waals surface area (Å²) in [6, 6.07) is 3.21. The molecule has 0 radical (unpaired) electrons. The van der Waals surface area contributed by atoms with E-state index in [-0.39, 0.29) is 5.82 Å². The number of hydrogen-bond acceptors (Lipinski definition) is 3. The summed E-state index contributed by atoms with van der Waals surface area (Å²) in [7, 11) is 1.65. The topological polar surface area (TPSA) is 24.3 Å². The molecule has 0 saturated carbocycles. The van der Waals surface area contributed by atoms with Gasteiger partial charge in [-0.05, 0) is 18.6 Å². The van der Waals surface area contributed by atoms with Crippen LogP contribution in [-0.2, 0) is 4.94 Å². The Morgan fingerprint density at radius 3 is 2.67 bits per heavy atom. The third kappa shape index (κ3) is 0.964. The van der Waals surface area contributed by atoms with E-state index in [1.54, 1.807) is 20.0 Å². The molecule has 64 valence electrons. The molecule has 0 fully saturated rings. The molecule has 0 atom stereocenters. The molecule has 12 heavy (non-hydrogen) atoms. The molecule has 0 spiro atoms. The summed E-state index contributed by atoms with van der Waals surface area (Å²) in [5, 5.41) is 1.54. The summed E-state index contributed by atoms with van der Waals surface area (Å²) in [6.07, 6.45) is 0. The van der Waals surface area contributed by atoms with Gasteiger partial charge >= 0.3 is 0 Å². The maximum atomic E-state index is 12.9. The molecule has 0 amide bonds. The van der Waals surface area contributed by atoms with Gasteiger partial charge in [0.2, 0.25) is 0 Å². The zero-order valence-corrected chi connectivity index (χ0v) is 6.89. The number of hydrogen-bond donors (Lipinski definition) is 1. The van der Waals surface area contributed by atoms with E-state index in [2.05, 4.69) is 5.48 Å². The zero-order chi connectivity index (χ0) is 8.72. The van der Waals surface area contributed by atoms with Gasteiger partial charge in [0, 0.05) is 13.1 Å². The van der Waals surface area contributed by atoms with Crippen LogP contribution in [0.5, 0.6) is 0 Å². The van der Waals surface area contributed by atoms with Crippen LogP contribution in [0.15, 0.2) is 12.1 Å². The van der Waals surface area contributed by atoms with Crippen molar-refractivity contribution in [3.05, 3.63) is 23.5 Å². The number of anilines is 2. The molecule has 0 bridgehead atoms. The van der Waals surface area contributed by atoms with Crippen LogP contribution in [0.2, 0.25) is 0 Å². The Morgan fingerprint density at radius 2 is 2.08 bits per heavy atom. The second-order valence-electron chi connectivity index (χ2n) is 2.68. The number of rotatable bonds is 2. The first kappa shape index (κ1) is 7.52. The molecule has 1 aromatic carbocycles. The minimum Gasteiger partial charge on any atom is -0.207 e. The first-order chi connectivity index (χ1) is 5.74. The quantitative estimate of drug-likeness (QED) is 0.536. The summed E-state index contributed by atoms with van der Waals surface area (Å²) >= 11 is 0. The average molecular weight is 168 g/mol. The third-order valence-corrected chi connectivity index (χ3v) is 1.83. The first-order valence-electron chi connectivity index (χ1n) is 3.68. The van der Waals surface area contributed by atoms with Crippen LogP contribution in [0.1, 0.15) is 5.56 Å². The number of halogens is 1. The van der Waals surface area contributed by atoms with E-state index >= 15 is 0 Å². The minimum atomic E-state index is -0.198. The van der Waals surface area contributed by atoms with Crippen LogP contribution in [0.3, 0.4) is 0 Å². The van der Waals surface area contributed by atoms with Crippen molar-refractivity contribution in [1.29, 1.82) is 0 Å². The number of benzene rings is 1. The predicted molar refractivity (Wildman–Crippen MR) is 43.4 cm³/mol. The Hall–Kier alpha value is -1.13. The average Bonchev–Trinajstić information content (AvgIpc) is 2.65. The lowest BCUT2D eigenvalue weighted by atomic mass is 10.2. The predicted octanol–water partition coefficient (Wildman–Crippen LogP) is 1.65.